The van der Waals surface area contributed by atoms with Crippen LogP contribution < -0.4 is 22.9 Å². The van der Waals surface area contributed by atoms with Crippen molar-refractivity contribution in [2.45, 2.75) is 75.5 Å². The van der Waals surface area contributed by atoms with Gasteiger partial charge in [0.1, 0.15) is 0 Å². The Hall–Kier alpha value is -0.160. The van der Waals surface area contributed by atoms with E-state index >= 15 is 0 Å². The minimum absolute atomic E-state index is 0.281. The highest BCUT2D eigenvalue weighted by molar-refractivity contribution is 4.80. The largest absolute Gasteiger partial charge is 0.326 e. The molecule has 0 bridgehead atoms. The molecule has 0 spiro atoms. The van der Waals surface area contributed by atoms with Crippen LogP contribution in [0.3, 0.4) is 0 Å². The molecule has 4 atom stereocenters. The van der Waals surface area contributed by atoms with Crippen LogP contribution in [0, 0.1) is 0 Å². The smallest absolute Gasteiger partial charge is 0.0192 e. The first-order valence-electron chi connectivity index (χ1n) is 6.63. The second kappa shape index (κ2) is 7.22. The fourth-order valence-corrected chi connectivity index (χ4v) is 2.38. The predicted octanol–water partition coefficient (Wildman–Crippen LogP) is 0.430. The van der Waals surface area contributed by atoms with Crippen LogP contribution in [0.1, 0.15) is 51.4 Å². The second-order valence-corrected chi connectivity index (χ2v) is 5.22. The van der Waals surface area contributed by atoms with E-state index in [0.29, 0.717) is 0 Å². The molecule has 16 heavy (non-hydrogen) atoms. The van der Waals surface area contributed by atoms with E-state index in [1.807, 2.05) is 0 Å². The van der Waals surface area contributed by atoms with Crippen molar-refractivity contribution < 1.29 is 0 Å². The van der Waals surface area contributed by atoms with Crippen LogP contribution in [0.5, 0.6) is 0 Å². The quantitative estimate of drug-likeness (QED) is 0.482. The molecule has 8 N–H and O–H groups in total. The summed E-state index contributed by atoms with van der Waals surface area (Å²) in [5, 5.41) is 0. The fourth-order valence-electron chi connectivity index (χ4n) is 2.38. The van der Waals surface area contributed by atoms with Gasteiger partial charge in [0.15, 0.2) is 0 Å². The predicted molar refractivity (Wildman–Crippen MR) is 68.8 cm³/mol. The summed E-state index contributed by atoms with van der Waals surface area (Å²) < 4.78 is 0. The van der Waals surface area contributed by atoms with E-state index in [1.165, 1.54) is 25.7 Å². The zero-order chi connectivity index (χ0) is 12.0. The van der Waals surface area contributed by atoms with Gasteiger partial charge in [0.05, 0.1) is 0 Å². The van der Waals surface area contributed by atoms with Crippen molar-refractivity contribution in [3.05, 3.63) is 0 Å². The van der Waals surface area contributed by atoms with Gasteiger partial charge in [-0.2, -0.15) is 0 Å². The number of nitrogens with two attached hydrogens (primary N) is 4. The molecule has 0 aromatic rings. The summed E-state index contributed by atoms with van der Waals surface area (Å²) in [6.45, 7) is 0. The van der Waals surface area contributed by atoms with Crippen LogP contribution >= 0.6 is 0 Å². The lowest BCUT2D eigenvalue weighted by atomic mass is 9.92. The highest BCUT2D eigenvalue weighted by atomic mass is 14.8. The Labute approximate surface area is 99.1 Å². The summed E-state index contributed by atoms with van der Waals surface area (Å²) in [5.41, 5.74) is 22.6. The van der Waals surface area contributed by atoms with E-state index in [1.54, 1.807) is 0 Å². The number of rotatable bonds is 0. The van der Waals surface area contributed by atoms with Crippen molar-refractivity contribution in [2.75, 3.05) is 0 Å². The highest BCUT2D eigenvalue weighted by Crippen LogP contribution is 2.14. The molecule has 2 rings (SSSR count). The lowest BCUT2D eigenvalue weighted by Crippen LogP contribution is -2.43. The summed E-state index contributed by atoms with van der Waals surface area (Å²) in [6.07, 6.45) is 9.60. The van der Waals surface area contributed by atoms with Crippen molar-refractivity contribution in [3.8, 4) is 0 Å². The third kappa shape index (κ3) is 4.78. The maximum absolute atomic E-state index is 5.65. The zero-order valence-electron chi connectivity index (χ0n) is 10.3. The van der Waals surface area contributed by atoms with Gasteiger partial charge in [-0.15, -0.1) is 0 Å². The van der Waals surface area contributed by atoms with Crippen molar-refractivity contribution in [3.63, 3.8) is 0 Å². The molecule has 0 amide bonds. The lowest BCUT2D eigenvalue weighted by Gasteiger charge is -2.24. The topological polar surface area (TPSA) is 104 Å². The third-order valence-electron chi connectivity index (χ3n) is 3.75. The van der Waals surface area contributed by atoms with Crippen LogP contribution in [0.25, 0.3) is 0 Å². The molecular formula is C12H28N4. The van der Waals surface area contributed by atoms with Gasteiger partial charge >= 0.3 is 0 Å². The molecule has 0 radical (unpaired) electrons. The maximum atomic E-state index is 5.65. The molecule has 2 aliphatic rings. The van der Waals surface area contributed by atoms with Gasteiger partial charge in [0.2, 0.25) is 0 Å². The standard InChI is InChI=1S/2C6H14N2/c2*7-5-3-1-2-4-6(5)8/h2*5-6H,1-4,7-8H2/t2*5-,6-/m10/s1. The minimum Gasteiger partial charge on any atom is -0.326 e. The first-order chi connectivity index (χ1) is 7.61. The van der Waals surface area contributed by atoms with Crippen LogP contribution in [-0.2, 0) is 0 Å². The van der Waals surface area contributed by atoms with Crippen molar-refractivity contribution in [2.24, 2.45) is 22.9 Å². The van der Waals surface area contributed by atoms with Gasteiger partial charge in [0.25, 0.3) is 0 Å². The molecule has 96 valence electrons. The van der Waals surface area contributed by atoms with Crippen molar-refractivity contribution >= 4 is 0 Å². The van der Waals surface area contributed by atoms with Gasteiger partial charge in [-0.05, 0) is 25.7 Å². The molecule has 0 aromatic carbocycles. The van der Waals surface area contributed by atoms with Gasteiger partial charge < -0.3 is 22.9 Å². The maximum Gasteiger partial charge on any atom is 0.0192 e. The minimum atomic E-state index is 0.281. The van der Waals surface area contributed by atoms with Crippen LogP contribution in [0.2, 0.25) is 0 Å². The number of hydrogen-bond acceptors (Lipinski definition) is 4. The summed E-state index contributed by atoms with van der Waals surface area (Å²) in [7, 11) is 0. The molecule has 4 nitrogen and oxygen atoms in total. The third-order valence-corrected chi connectivity index (χ3v) is 3.75. The van der Waals surface area contributed by atoms with Crippen LogP contribution in [-0.4, -0.2) is 24.2 Å². The van der Waals surface area contributed by atoms with Gasteiger partial charge in [0, 0.05) is 24.2 Å². The summed E-state index contributed by atoms with van der Waals surface area (Å²) in [4.78, 5) is 0. The van der Waals surface area contributed by atoms with Crippen molar-refractivity contribution in [1.29, 1.82) is 0 Å². The molecular weight excluding hydrogens is 200 g/mol. The van der Waals surface area contributed by atoms with Crippen LogP contribution in [0.4, 0.5) is 0 Å². The lowest BCUT2D eigenvalue weighted by molar-refractivity contribution is 0.385. The molecule has 2 aliphatic carbocycles. The molecule has 0 aliphatic heterocycles. The van der Waals surface area contributed by atoms with E-state index in [0.717, 1.165) is 25.7 Å². The van der Waals surface area contributed by atoms with E-state index in [-0.39, 0.29) is 24.2 Å². The molecule has 0 heterocycles. The van der Waals surface area contributed by atoms with E-state index in [2.05, 4.69) is 0 Å². The van der Waals surface area contributed by atoms with Gasteiger partial charge in [-0.1, -0.05) is 25.7 Å². The summed E-state index contributed by atoms with van der Waals surface area (Å²) >= 11 is 0. The molecule has 2 fully saturated rings. The second-order valence-electron chi connectivity index (χ2n) is 5.22. The highest BCUT2D eigenvalue weighted by Gasteiger charge is 2.17. The Kier molecular flexibility index (Phi) is 6.28. The van der Waals surface area contributed by atoms with E-state index < -0.39 is 0 Å². The Bertz CT molecular complexity index is 146. The average molecular weight is 228 g/mol. The normalized spacial score (nSPS) is 39.8. The monoisotopic (exact) mass is 228 g/mol. The molecule has 0 unspecified atom stereocenters. The SMILES string of the molecule is N[C@@H]1CCCC[C@H]1N.N[C@H]1CCCC[C@@H]1N. The van der Waals surface area contributed by atoms with Gasteiger partial charge in [-0.3, -0.25) is 0 Å². The molecule has 0 saturated heterocycles. The summed E-state index contributed by atoms with van der Waals surface area (Å²) in [5.74, 6) is 0. The Morgan fingerprint density at radius 3 is 0.750 bits per heavy atom. The molecule has 2 saturated carbocycles. The Morgan fingerprint density at radius 2 is 0.625 bits per heavy atom. The van der Waals surface area contributed by atoms with Gasteiger partial charge in [-0.25, -0.2) is 0 Å². The average Bonchev–Trinajstić information content (AvgIpc) is 2.28. The van der Waals surface area contributed by atoms with Crippen molar-refractivity contribution in [1.82, 2.24) is 0 Å². The molecule has 0 aromatic heterocycles. The fraction of sp³-hybridized carbons (Fsp3) is 1.00. The van der Waals surface area contributed by atoms with E-state index in [9.17, 15) is 0 Å². The number of hydrogen-bond donors (Lipinski definition) is 4. The Balaban J connectivity index is 0.000000160. The molecule has 4 heteroatoms. The van der Waals surface area contributed by atoms with Crippen LogP contribution in [0.15, 0.2) is 0 Å². The van der Waals surface area contributed by atoms with E-state index in [4.69, 9.17) is 22.9 Å². The first-order valence-corrected chi connectivity index (χ1v) is 6.63. The first kappa shape index (κ1) is 13.9. The summed E-state index contributed by atoms with van der Waals surface area (Å²) in [6, 6.07) is 1.12. The zero-order valence-corrected chi connectivity index (χ0v) is 10.3. The Morgan fingerprint density at radius 1 is 0.438 bits per heavy atom.